The number of hydrogen-bond donors (Lipinski definition) is 1. The summed E-state index contributed by atoms with van der Waals surface area (Å²) < 4.78 is 36.4. The van der Waals surface area contributed by atoms with E-state index in [2.05, 4.69) is 5.32 Å². The van der Waals surface area contributed by atoms with Gasteiger partial charge in [0.1, 0.15) is 5.75 Å². The molecule has 8 heteroatoms. The molecular formula is C17H22N2O5S. The second kappa shape index (κ2) is 8.06. The van der Waals surface area contributed by atoms with Crippen LogP contribution in [0.3, 0.4) is 0 Å². The normalized spacial score (nSPS) is 11.4. The molecular weight excluding hydrogens is 344 g/mol. The number of nitrogens with one attached hydrogen (secondary N) is 1. The molecule has 136 valence electrons. The monoisotopic (exact) mass is 366 g/mol. The maximum Gasteiger partial charge on any atom is 0.287 e. The maximum absolute atomic E-state index is 12.4. The van der Waals surface area contributed by atoms with Gasteiger partial charge >= 0.3 is 0 Å². The first-order chi connectivity index (χ1) is 11.8. The summed E-state index contributed by atoms with van der Waals surface area (Å²) in [6.07, 6.45) is 1.43. The highest BCUT2D eigenvalue weighted by Gasteiger charge is 2.19. The molecule has 25 heavy (non-hydrogen) atoms. The van der Waals surface area contributed by atoms with Crippen LogP contribution in [-0.2, 0) is 10.0 Å². The quantitative estimate of drug-likeness (QED) is 0.774. The first-order valence-corrected chi connectivity index (χ1v) is 9.45. The lowest BCUT2D eigenvalue weighted by Gasteiger charge is -2.20. The molecule has 1 aromatic carbocycles. The van der Waals surface area contributed by atoms with Crippen molar-refractivity contribution in [1.82, 2.24) is 5.32 Å². The van der Waals surface area contributed by atoms with Gasteiger partial charge in [0.2, 0.25) is 10.0 Å². The molecule has 0 spiro atoms. The number of benzene rings is 1. The van der Waals surface area contributed by atoms with Crippen molar-refractivity contribution in [2.75, 3.05) is 23.7 Å². The molecule has 2 rings (SSSR count). The van der Waals surface area contributed by atoms with E-state index >= 15 is 0 Å². The van der Waals surface area contributed by atoms with Crippen molar-refractivity contribution in [1.29, 1.82) is 0 Å². The number of furan rings is 1. The summed E-state index contributed by atoms with van der Waals surface area (Å²) in [5, 5.41) is 2.52. The van der Waals surface area contributed by atoms with Gasteiger partial charge in [-0.3, -0.25) is 9.10 Å². The Morgan fingerprint density at radius 2 is 1.92 bits per heavy atom. The molecule has 0 saturated carbocycles. The molecule has 2 aromatic rings. The van der Waals surface area contributed by atoms with Gasteiger partial charge in [0.05, 0.1) is 23.8 Å². The molecule has 1 amide bonds. The van der Waals surface area contributed by atoms with Crippen molar-refractivity contribution in [2.45, 2.75) is 20.0 Å². The molecule has 0 atom stereocenters. The Balaban J connectivity index is 1.92. The number of carbonyl (C=O) groups is 1. The van der Waals surface area contributed by atoms with E-state index in [4.69, 9.17) is 9.15 Å². The van der Waals surface area contributed by atoms with E-state index in [-0.39, 0.29) is 24.2 Å². The molecule has 1 N–H and O–H groups in total. The summed E-state index contributed by atoms with van der Waals surface area (Å²) in [5.41, 5.74) is 0.522. The smallest absolute Gasteiger partial charge is 0.287 e. The lowest BCUT2D eigenvalue weighted by atomic mass is 10.3. The highest BCUT2D eigenvalue weighted by molar-refractivity contribution is 7.92. The van der Waals surface area contributed by atoms with E-state index in [0.29, 0.717) is 11.4 Å². The van der Waals surface area contributed by atoms with Gasteiger partial charge in [0.25, 0.3) is 5.91 Å². The Kier molecular flexibility index (Phi) is 6.08. The largest absolute Gasteiger partial charge is 0.491 e. The Bertz CT molecular complexity index is 783. The van der Waals surface area contributed by atoms with Gasteiger partial charge in [-0.25, -0.2) is 8.42 Å². The molecule has 1 heterocycles. The molecule has 0 aliphatic rings. The fourth-order valence-electron chi connectivity index (χ4n) is 2.09. The predicted octanol–water partition coefficient (Wildman–Crippen LogP) is 2.26. The van der Waals surface area contributed by atoms with Crippen molar-refractivity contribution >= 4 is 21.6 Å². The van der Waals surface area contributed by atoms with E-state index in [1.807, 2.05) is 13.8 Å². The third kappa shape index (κ3) is 5.25. The maximum atomic E-state index is 12.4. The van der Waals surface area contributed by atoms with Crippen molar-refractivity contribution < 1.29 is 22.4 Å². The molecule has 0 aliphatic carbocycles. The Hall–Kier alpha value is -2.48. The van der Waals surface area contributed by atoms with E-state index in [1.165, 1.54) is 23.7 Å². The van der Waals surface area contributed by atoms with Crippen LogP contribution in [0.15, 0.2) is 47.1 Å². The number of sulfonamides is 1. The molecule has 0 aliphatic heterocycles. The molecule has 0 saturated heterocycles. The second-order valence-corrected chi connectivity index (χ2v) is 7.80. The van der Waals surface area contributed by atoms with Crippen molar-refractivity contribution in [3.05, 3.63) is 48.4 Å². The number of amides is 1. The minimum Gasteiger partial charge on any atom is -0.491 e. The molecule has 0 unspecified atom stereocenters. The van der Waals surface area contributed by atoms with Gasteiger partial charge in [-0.1, -0.05) is 0 Å². The zero-order valence-electron chi connectivity index (χ0n) is 14.4. The van der Waals surface area contributed by atoms with Gasteiger partial charge in [-0.15, -0.1) is 0 Å². The summed E-state index contributed by atoms with van der Waals surface area (Å²) in [4.78, 5) is 11.7. The molecule has 0 radical (unpaired) electrons. The average Bonchev–Trinajstić information content (AvgIpc) is 3.08. The number of anilines is 1. The molecule has 1 aromatic heterocycles. The number of ether oxygens (including phenoxy) is 1. The topological polar surface area (TPSA) is 88.9 Å². The highest BCUT2D eigenvalue weighted by atomic mass is 32.2. The van der Waals surface area contributed by atoms with Crippen LogP contribution in [0.4, 0.5) is 5.69 Å². The Morgan fingerprint density at radius 1 is 1.24 bits per heavy atom. The standard InChI is InChI=1S/C17H22N2O5S/c1-13(2)24-15-8-6-14(7-9-15)19(3)25(21,22)12-10-18-17(20)16-5-4-11-23-16/h4-9,11,13H,10,12H2,1-3H3,(H,18,20). The molecule has 0 fully saturated rings. The van der Waals surface area contributed by atoms with E-state index in [0.717, 1.165) is 0 Å². The van der Waals surface area contributed by atoms with Crippen LogP contribution in [0.25, 0.3) is 0 Å². The fraction of sp³-hybridized carbons (Fsp3) is 0.353. The van der Waals surface area contributed by atoms with Gasteiger partial charge in [-0.2, -0.15) is 0 Å². The number of rotatable bonds is 8. The zero-order chi connectivity index (χ0) is 18.4. The SMILES string of the molecule is CC(C)Oc1ccc(N(C)S(=O)(=O)CCNC(=O)c2ccco2)cc1. The first kappa shape index (κ1) is 18.9. The highest BCUT2D eigenvalue weighted by Crippen LogP contribution is 2.21. The van der Waals surface area contributed by atoms with E-state index < -0.39 is 15.9 Å². The summed E-state index contributed by atoms with van der Waals surface area (Å²) in [6.45, 7) is 3.82. The number of hydrogen-bond acceptors (Lipinski definition) is 5. The minimum absolute atomic E-state index is 0.0131. The van der Waals surface area contributed by atoms with Gasteiger partial charge < -0.3 is 14.5 Å². The second-order valence-electron chi connectivity index (χ2n) is 5.68. The lowest BCUT2D eigenvalue weighted by Crippen LogP contribution is -2.35. The summed E-state index contributed by atoms with van der Waals surface area (Å²) in [5.74, 6) is 0.153. The van der Waals surface area contributed by atoms with Crippen LogP contribution in [0.5, 0.6) is 5.75 Å². The molecule has 7 nitrogen and oxygen atoms in total. The zero-order valence-corrected chi connectivity index (χ0v) is 15.2. The van der Waals surface area contributed by atoms with Crippen LogP contribution in [-0.4, -0.2) is 39.8 Å². The van der Waals surface area contributed by atoms with Crippen LogP contribution < -0.4 is 14.4 Å². The average molecular weight is 366 g/mol. The Morgan fingerprint density at radius 3 is 2.48 bits per heavy atom. The van der Waals surface area contributed by atoms with E-state index in [9.17, 15) is 13.2 Å². The van der Waals surface area contributed by atoms with Crippen LogP contribution in [0, 0.1) is 0 Å². The van der Waals surface area contributed by atoms with Gasteiger partial charge in [-0.05, 0) is 50.2 Å². The van der Waals surface area contributed by atoms with Crippen LogP contribution in [0.2, 0.25) is 0 Å². The molecule has 0 bridgehead atoms. The van der Waals surface area contributed by atoms with E-state index in [1.54, 1.807) is 30.3 Å². The minimum atomic E-state index is -3.57. The third-order valence-corrected chi connectivity index (χ3v) is 5.15. The van der Waals surface area contributed by atoms with Gasteiger partial charge in [0, 0.05) is 13.6 Å². The Labute approximate surface area is 147 Å². The third-order valence-electron chi connectivity index (χ3n) is 3.38. The summed E-state index contributed by atoms with van der Waals surface area (Å²) >= 11 is 0. The van der Waals surface area contributed by atoms with Crippen molar-refractivity contribution in [3.8, 4) is 5.75 Å². The number of carbonyl (C=O) groups excluding carboxylic acids is 1. The fourth-order valence-corrected chi connectivity index (χ4v) is 3.17. The van der Waals surface area contributed by atoms with Crippen molar-refractivity contribution in [3.63, 3.8) is 0 Å². The van der Waals surface area contributed by atoms with Gasteiger partial charge in [0.15, 0.2) is 5.76 Å². The number of nitrogens with zero attached hydrogens (tertiary/aromatic N) is 1. The summed E-state index contributed by atoms with van der Waals surface area (Å²) in [7, 11) is -2.09. The van der Waals surface area contributed by atoms with Crippen LogP contribution >= 0.6 is 0 Å². The van der Waals surface area contributed by atoms with Crippen LogP contribution in [0.1, 0.15) is 24.4 Å². The van der Waals surface area contributed by atoms with Crippen molar-refractivity contribution in [2.24, 2.45) is 0 Å². The predicted molar refractivity (Wildman–Crippen MR) is 95.4 cm³/mol. The lowest BCUT2D eigenvalue weighted by molar-refractivity contribution is 0.0928. The first-order valence-electron chi connectivity index (χ1n) is 7.84. The summed E-state index contributed by atoms with van der Waals surface area (Å²) in [6, 6.07) is 9.90.